The molecule has 18 heavy (non-hydrogen) atoms. The van der Waals surface area contributed by atoms with E-state index in [0.29, 0.717) is 0 Å². The molecule has 5 nitrogen and oxygen atoms in total. The first-order chi connectivity index (χ1) is 8.63. The normalized spacial score (nSPS) is 11.6. The summed E-state index contributed by atoms with van der Waals surface area (Å²) in [6.45, 7) is 1.59. The average molecular weight is 249 g/mol. The van der Waals surface area contributed by atoms with Crippen molar-refractivity contribution in [2.45, 2.75) is 6.92 Å². The molecule has 0 atom stereocenters. The molecule has 0 saturated heterocycles. The van der Waals surface area contributed by atoms with E-state index in [0.717, 1.165) is 11.3 Å². The van der Waals surface area contributed by atoms with Crippen LogP contribution in [-0.2, 0) is 9.63 Å². The zero-order chi connectivity index (χ0) is 13.4. The maximum Gasteiger partial charge on any atom is 0.353 e. The molecule has 0 unspecified atom stereocenters. The van der Waals surface area contributed by atoms with Gasteiger partial charge in [0, 0.05) is 0 Å². The lowest BCUT2D eigenvalue weighted by Gasteiger charge is -1.99. The Bertz CT molecular complexity index is 449. The van der Waals surface area contributed by atoms with Crippen molar-refractivity contribution in [3.8, 4) is 5.75 Å². The van der Waals surface area contributed by atoms with Crippen molar-refractivity contribution < 1.29 is 19.5 Å². The Morgan fingerprint density at radius 3 is 2.61 bits per heavy atom. The zero-order valence-electron chi connectivity index (χ0n) is 10.3. The van der Waals surface area contributed by atoms with Crippen LogP contribution in [0.15, 0.2) is 35.5 Å². The number of carboxylic acid groups (broad SMARTS) is 1. The summed E-state index contributed by atoms with van der Waals surface area (Å²) in [5.41, 5.74) is 0.922. The minimum Gasteiger partial charge on any atom is -0.497 e. The second-order valence-electron chi connectivity index (χ2n) is 3.45. The lowest BCUT2D eigenvalue weighted by Crippen LogP contribution is -2.08. The molecule has 1 aromatic carbocycles. The van der Waals surface area contributed by atoms with E-state index < -0.39 is 5.97 Å². The number of hydrogen-bond acceptors (Lipinski definition) is 4. The molecule has 0 amide bonds. The number of oxime groups is 1. The van der Waals surface area contributed by atoms with Crippen LogP contribution in [0, 0.1) is 0 Å². The molecule has 0 radical (unpaired) electrons. The third kappa shape index (κ3) is 4.69. The molecule has 1 aromatic rings. The van der Waals surface area contributed by atoms with Gasteiger partial charge in [-0.15, -0.1) is 0 Å². The molecule has 5 heteroatoms. The van der Waals surface area contributed by atoms with E-state index in [2.05, 4.69) is 5.16 Å². The van der Waals surface area contributed by atoms with Crippen LogP contribution in [-0.4, -0.2) is 30.5 Å². The average Bonchev–Trinajstić information content (AvgIpc) is 2.38. The first-order valence-electron chi connectivity index (χ1n) is 5.34. The first kappa shape index (κ1) is 13.8. The highest BCUT2D eigenvalue weighted by Crippen LogP contribution is 2.12. The van der Waals surface area contributed by atoms with Gasteiger partial charge in [-0.25, -0.2) is 4.79 Å². The van der Waals surface area contributed by atoms with E-state index in [9.17, 15) is 4.79 Å². The van der Waals surface area contributed by atoms with E-state index in [4.69, 9.17) is 14.7 Å². The highest BCUT2D eigenvalue weighted by atomic mass is 16.6. The van der Waals surface area contributed by atoms with Crippen molar-refractivity contribution >= 4 is 17.8 Å². The lowest BCUT2D eigenvalue weighted by molar-refractivity contribution is -0.129. The third-order valence-corrected chi connectivity index (χ3v) is 2.11. The van der Waals surface area contributed by atoms with Gasteiger partial charge in [-0.2, -0.15) is 0 Å². The Hall–Kier alpha value is -2.30. The third-order valence-electron chi connectivity index (χ3n) is 2.11. The van der Waals surface area contributed by atoms with E-state index in [1.54, 1.807) is 13.2 Å². The van der Waals surface area contributed by atoms with E-state index >= 15 is 0 Å². The van der Waals surface area contributed by atoms with Crippen LogP contribution in [0.3, 0.4) is 0 Å². The van der Waals surface area contributed by atoms with Crippen LogP contribution in [0.5, 0.6) is 5.75 Å². The number of methoxy groups -OCH3 is 1. The highest BCUT2D eigenvalue weighted by molar-refractivity contribution is 6.34. The molecule has 0 fully saturated rings. The Kier molecular flexibility index (Phi) is 5.44. The van der Waals surface area contributed by atoms with Crippen molar-refractivity contribution in [1.29, 1.82) is 0 Å². The zero-order valence-corrected chi connectivity index (χ0v) is 10.3. The predicted molar refractivity (Wildman–Crippen MR) is 68.7 cm³/mol. The molecule has 0 aliphatic heterocycles. The fraction of sp³-hybridized carbons (Fsp3) is 0.231. The fourth-order valence-corrected chi connectivity index (χ4v) is 1.12. The summed E-state index contributed by atoms with van der Waals surface area (Å²) >= 11 is 0. The van der Waals surface area contributed by atoms with Crippen LogP contribution < -0.4 is 4.74 Å². The SMILES string of the molecule is COc1ccc(/C=C/CO/N=C(\C)C(=O)O)cc1. The summed E-state index contributed by atoms with van der Waals surface area (Å²) < 4.78 is 5.04. The van der Waals surface area contributed by atoms with Crippen LogP contribution >= 0.6 is 0 Å². The fourth-order valence-electron chi connectivity index (χ4n) is 1.12. The Labute approximate surface area is 105 Å². The second kappa shape index (κ2) is 7.11. The largest absolute Gasteiger partial charge is 0.497 e. The van der Waals surface area contributed by atoms with Crippen LogP contribution in [0.25, 0.3) is 6.08 Å². The van der Waals surface area contributed by atoms with Crippen LogP contribution in [0.4, 0.5) is 0 Å². The van der Waals surface area contributed by atoms with Gasteiger partial charge in [0.05, 0.1) is 7.11 Å². The molecule has 96 valence electrons. The van der Waals surface area contributed by atoms with E-state index in [1.807, 2.05) is 30.3 Å². The number of hydrogen-bond donors (Lipinski definition) is 1. The molecule has 0 aliphatic carbocycles. The molecule has 0 aliphatic rings. The Morgan fingerprint density at radius 1 is 1.39 bits per heavy atom. The summed E-state index contributed by atoms with van der Waals surface area (Å²) in [4.78, 5) is 15.2. The van der Waals surface area contributed by atoms with Gasteiger partial charge in [0.25, 0.3) is 0 Å². The standard InChI is InChI=1S/C13H15NO4/c1-10(13(15)16)14-18-9-3-4-11-5-7-12(17-2)8-6-11/h3-8H,9H2,1-2H3,(H,15,16)/b4-3+,14-10+. The first-order valence-corrected chi connectivity index (χ1v) is 5.34. The van der Waals surface area contributed by atoms with Gasteiger partial charge in [-0.1, -0.05) is 23.4 Å². The van der Waals surface area contributed by atoms with Crippen LogP contribution in [0.2, 0.25) is 0 Å². The van der Waals surface area contributed by atoms with E-state index in [-0.39, 0.29) is 12.3 Å². The monoisotopic (exact) mass is 249 g/mol. The molecule has 1 rings (SSSR count). The van der Waals surface area contributed by atoms with Gasteiger partial charge < -0.3 is 14.7 Å². The number of ether oxygens (including phenoxy) is 1. The van der Waals surface area contributed by atoms with Crippen molar-refractivity contribution in [3.05, 3.63) is 35.9 Å². The Balaban J connectivity index is 2.41. The number of carbonyl (C=O) groups is 1. The summed E-state index contributed by atoms with van der Waals surface area (Å²) in [6, 6.07) is 7.52. The maximum absolute atomic E-state index is 10.4. The molecule has 0 saturated carbocycles. The molecule has 0 aromatic heterocycles. The molecule has 0 heterocycles. The number of benzene rings is 1. The quantitative estimate of drug-likeness (QED) is 0.476. The molecule has 0 spiro atoms. The van der Waals surface area contributed by atoms with Gasteiger partial charge in [0.15, 0.2) is 5.71 Å². The topological polar surface area (TPSA) is 68.1 Å². The summed E-state index contributed by atoms with van der Waals surface area (Å²) in [7, 11) is 1.61. The predicted octanol–water partition coefficient (Wildman–Crippen LogP) is 2.19. The van der Waals surface area contributed by atoms with Crippen LogP contribution in [0.1, 0.15) is 12.5 Å². The summed E-state index contributed by atoms with van der Waals surface area (Å²) in [5, 5.41) is 12.0. The lowest BCUT2D eigenvalue weighted by atomic mass is 10.2. The Morgan fingerprint density at radius 2 is 2.06 bits per heavy atom. The van der Waals surface area contributed by atoms with Crippen molar-refractivity contribution in [2.75, 3.05) is 13.7 Å². The number of nitrogens with zero attached hydrogens (tertiary/aromatic N) is 1. The summed E-state index contributed by atoms with van der Waals surface area (Å²) in [6.07, 6.45) is 3.60. The van der Waals surface area contributed by atoms with Gasteiger partial charge in [0.1, 0.15) is 12.4 Å². The smallest absolute Gasteiger partial charge is 0.353 e. The molecule has 1 N–H and O–H groups in total. The van der Waals surface area contributed by atoms with Gasteiger partial charge in [-0.05, 0) is 30.7 Å². The number of aliphatic carboxylic acids is 1. The van der Waals surface area contributed by atoms with Gasteiger partial charge in [0.2, 0.25) is 0 Å². The van der Waals surface area contributed by atoms with E-state index in [1.165, 1.54) is 6.92 Å². The maximum atomic E-state index is 10.4. The number of carboxylic acids is 1. The summed E-state index contributed by atoms with van der Waals surface area (Å²) in [5.74, 6) is -0.292. The number of rotatable bonds is 6. The molecular weight excluding hydrogens is 234 g/mol. The van der Waals surface area contributed by atoms with Gasteiger partial charge >= 0.3 is 5.97 Å². The molecule has 0 bridgehead atoms. The van der Waals surface area contributed by atoms with Gasteiger partial charge in [-0.3, -0.25) is 0 Å². The minimum atomic E-state index is -1.09. The van der Waals surface area contributed by atoms with Crippen molar-refractivity contribution in [3.63, 3.8) is 0 Å². The molecular formula is C13H15NO4. The van der Waals surface area contributed by atoms with Crippen molar-refractivity contribution in [1.82, 2.24) is 0 Å². The van der Waals surface area contributed by atoms with Crippen molar-refractivity contribution in [2.24, 2.45) is 5.16 Å². The highest BCUT2D eigenvalue weighted by Gasteiger charge is 2.00. The second-order valence-corrected chi connectivity index (χ2v) is 3.45. The minimum absolute atomic E-state index is 0.0761.